The molecule has 1 N–H and O–H groups in total. The average Bonchev–Trinajstić information content (AvgIpc) is 2.51. The number of amides is 1. The third-order valence-corrected chi connectivity index (χ3v) is 2.89. The first-order valence-electron chi connectivity index (χ1n) is 6.52. The van der Waals surface area contributed by atoms with Crippen LogP contribution < -0.4 is 10.1 Å². The summed E-state index contributed by atoms with van der Waals surface area (Å²) in [6.45, 7) is -0.375. The minimum atomic E-state index is -1.10. The molecule has 0 aliphatic heterocycles. The van der Waals surface area contributed by atoms with Crippen molar-refractivity contribution in [1.29, 1.82) is 5.26 Å². The molecule has 0 aromatic heterocycles. The fourth-order valence-electron chi connectivity index (χ4n) is 1.81. The van der Waals surface area contributed by atoms with E-state index in [-0.39, 0.29) is 18.9 Å². The number of ether oxygens (including phenoxy) is 1. The summed E-state index contributed by atoms with van der Waals surface area (Å²) in [6.07, 6.45) is 0. The van der Waals surface area contributed by atoms with E-state index in [4.69, 9.17) is 10.00 Å². The van der Waals surface area contributed by atoms with Crippen molar-refractivity contribution in [3.8, 4) is 11.8 Å². The van der Waals surface area contributed by atoms with Gasteiger partial charge in [-0.3, -0.25) is 4.79 Å². The van der Waals surface area contributed by atoms with Crippen molar-refractivity contribution in [2.75, 3.05) is 6.54 Å². The number of nitrogens with one attached hydrogen (secondary N) is 1. The first-order chi connectivity index (χ1) is 11.0. The first kappa shape index (κ1) is 16.4. The molecule has 0 saturated heterocycles. The summed E-state index contributed by atoms with van der Waals surface area (Å²) in [4.78, 5) is 11.5. The van der Waals surface area contributed by atoms with Crippen molar-refractivity contribution in [3.63, 3.8) is 0 Å². The second-order valence-corrected chi connectivity index (χ2v) is 4.52. The van der Waals surface area contributed by atoms with Gasteiger partial charge in [0.05, 0.1) is 6.07 Å². The molecule has 0 heterocycles. The molecule has 118 valence electrons. The molecule has 0 aliphatic carbocycles. The van der Waals surface area contributed by atoms with Gasteiger partial charge >= 0.3 is 0 Å². The SMILES string of the molecule is N#CCNC(=O)c1c(F)cc(OCc2ccc(F)cc2)cc1F. The second kappa shape index (κ2) is 7.31. The van der Waals surface area contributed by atoms with Crippen LogP contribution in [0.3, 0.4) is 0 Å². The largest absolute Gasteiger partial charge is 0.489 e. The summed E-state index contributed by atoms with van der Waals surface area (Å²) >= 11 is 0. The van der Waals surface area contributed by atoms with Crippen molar-refractivity contribution < 1.29 is 22.7 Å². The second-order valence-electron chi connectivity index (χ2n) is 4.52. The lowest BCUT2D eigenvalue weighted by molar-refractivity contribution is 0.0950. The number of halogens is 3. The van der Waals surface area contributed by atoms with Gasteiger partial charge in [0.25, 0.3) is 5.91 Å². The predicted octanol–water partition coefficient (Wildman–Crippen LogP) is 2.94. The number of hydrogen-bond donors (Lipinski definition) is 1. The standard InChI is InChI=1S/C16H11F3N2O2/c17-11-3-1-10(2-4-11)9-23-12-7-13(18)15(14(19)8-12)16(22)21-6-5-20/h1-4,7-8H,6,9H2,(H,21,22). The number of benzene rings is 2. The number of carbonyl (C=O) groups is 1. The lowest BCUT2D eigenvalue weighted by Gasteiger charge is -2.09. The minimum Gasteiger partial charge on any atom is -0.489 e. The summed E-state index contributed by atoms with van der Waals surface area (Å²) in [5.41, 5.74) is -0.169. The summed E-state index contributed by atoms with van der Waals surface area (Å²) in [7, 11) is 0. The Balaban J connectivity index is 2.11. The van der Waals surface area contributed by atoms with Crippen LogP contribution >= 0.6 is 0 Å². The van der Waals surface area contributed by atoms with Crippen molar-refractivity contribution in [2.45, 2.75) is 6.61 Å². The monoisotopic (exact) mass is 320 g/mol. The minimum absolute atomic E-state index is 0.0147. The molecule has 2 aromatic carbocycles. The summed E-state index contributed by atoms with van der Waals surface area (Å²) in [6, 6.07) is 8.80. The molecule has 0 fully saturated rings. The van der Waals surface area contributed by atoms with Gasteiger partial charge in [0.15, 0.2) is 0 Å². The Kier molecular flexibility index (Phi) is 5.20. The van der Waals surface area contributed by atoms with Crippen LogP contribution in [0.5, 0.6) is 5.75 Å². The number of hydrogen-bond acceptors (Lipinski definition) is 3. The molecular weight excluding hydrogens is 309 g/mol. The first-order valence-corrected chi connectivity index (χ1v) is 6.52. The van der Waals surface area contributed by atoms with E-state index in [2.05, 4.69) is 5.32 Å². The molecule has 0 bridgehead atoms. The third-order valence-electron chi connectivity index (χ3n) is 2.89. The topological polar surface area (TPSA) is 62.1 Å². The maximum atomic E-state index is 13.9. The number of nitrogens with zero attached hydrogens (tertiary/aromatic N) is 1. The number of nitriles is 1. The highest BCUT2D eigenvalue weighted by Crippen LogP contribution is 2.21. The highest BCUT2D eigenvalue weighted by atomic mass is 19.1. The molecule has 0 atom stereocenters. The van der Waals surface area contributed by atoms with Crippen LogP contribution in [0.25, 0.3) is 0 Å². The summed E-state index contributed by atoms with van der Waals surface area (Å²) in [5, 5.41) is 10.4. The molecule has 4 nitrogen and oxygen atoms in total. The van der Waals surface area contributed by atoms with E-state index in [9.17, 15) is 18.0 Å². The fourth-order valence-corrected chi connectivity index (χ4v) is 1.81. The maximum Gasteiger partial charge on any atom is 0.258 e. The molecule has 2 rings (SSSR count). The quantitative estimate of drug-likeness (QED) is 0.862. The molecule has 7 heteroatoms. The maximum absolute atomic E-state index is 13.9. The Bertz CT molecular complexity index is 732. The summed E-state index contributed by atoms with van der Waals surface area (Å²) < 4.78 is 45.7. The van der Waals surface area contributed by atoms with Gasteiger partial charge in [0.2, 0.25) is 0 Å². The summed E-state index contributed by atoms with van der Waals surface area (Å²) in [5.74, 6) is -3.74. The van der Waals surface area contributed by atoms with Gasteiger partial charge in [0.1, 0.15) is 41.9 Å². The van der Waals surface area contributed by atoms with Gasteiger partial charge in [-0.15, -0.1) is 0 Å². The smallest absolute Gasteiger partial charge is 0.258 e. The molecule has 23 heavy (non-hydrogen) atoms. The fraction of sp³-hybridized carbons (Fsp3) is 0.125. The van der Waals surface area contributed by atoms with Gasteiger partial charge in [-0.2, -0.15) is 5.26 Å². The van der Waals surface area contributed by atoms with Gasteiger partial charge in [0, 0.05) is 12.1 Å². The van der Waals surface area contributed by atoms with Crippen LogP contribution in [0, 0.1) is 28.8 Å². The highest BCUT2D eigenvalue weighted by molar-refractivity contribution is 5.95. The van der Waals surface area contributed by atoms with Crippen LogP contribution in [0.1, 0.15) is 15.9 Å². The predicted molar refractivity (Wildman–Crippen MR) is 75.0 cm³/mol. The molecule has 0 unspecified atom stereocenters. The van der Waals surface area contributed by atoms with Gasteiger partial charge in [-0.25, -0.2) is 13.2 Å². The van der Waals surface area contributed by atoms with E-state index in [0.29, 0.717) is 5.56 Å². The lowest BCUT2D eigenvalue weighted by atomic mass is 10.1. The molecule has 0 spiro atoms. The van der Waals surface area contributed by atoms with E-state index >= 15 is 0 Å². The van der Waals surface area contributed by atoms with Crippen molar-refractivity contribution in [1.82, 2.24) is 5.32 Å². The van der Waals surface area contributed by atoms with Crippen molar-refractivity contribution in [3.05, 3.63) is 65.0 Å². The van der Waals surface area contributed by atoms with Gasteiger partial charge in [-0.1, -0.05) is 12.1 Å². The van der Waals surface area contributed by atoms with Crippen LogP contribution in [0.4, 0.5) is 13.2 Å². The Hall–Kier alpha value is -3.01. The molecular formula is C16H11F3N2O2. The van der Waals surface area contributed by atoms with Gasteiger partial charge in [-0.05, 0) is 17.7 Å². The molecule has 0 aliphatic rings. The molecule has 0 radical (unpaired) electrons. The zero-order valence-electron chi connectivity index (χ0n) is 11.8. The van der Waals surface area contributed by atoms with E-state index in [1.807, 2.05) is 0 Å². The Morgan fingerprint density at radius 2 is 1.74 bits per heavy atom. The molecule has 2 aromatic rings. The lowest BCUT2D eigenvalue weighted by Crippen LogP contribution is -2.25. The van der Waals surface area contributed by atoms with E-state index < -0.39 is 28.9 Å². The van der Waals surface area contributed by atoms with E-state index in [1.165, 1.54) is 24.3 Å². The zero-order chi connectivity index (χ0) is 16.8. The van der Waals surface area contributed by atoms with Gasteiger partial charge < -0.3 is 10.1 Å². The average molecular weight is 320 g/mol. The molecule has 0 saturated carbocycles. The normalized spacial score (nSPS) is 10.0. The van der Waals surface area contributed by atoms with Crippen LogP contribution in [0.15, 0.2) is 36.4 Å². The van der Waals surface area contributed by atoms with E-state index in [0.717, 1.165) is 12.1 Å². The number of rotatable bonds is 5. The van der Waals surface area contributed by atoms with E-state index in [1.54, 1.807) is 6.07 Å². The highest BCUT2D eigenvalue weighted by Gasteiger charge is 2.19. The van der Waals surface area contributed by atoms with Crippen molar-refractivity contribution in [2.24, 2.45) is 0 Å². The molecule has 1 amide bonds. The third kappa shape index (κ3) is 4.23. The van der Waals surface area contributed by atoms with Crippen LogP contribution in [0.2, 0.25) is 0 Å². The van der Waals surface area contributed by atoms with Crippen LogP contribution in [-0.2, 0) is 6.61 Å². The Morgan fingerprint density at radius 1 is 1.13 bits per heavy atom. The van der Waals surface area contributed by atoms with Crippen molar-refractivity contribution >= 4 is 5.91 Å². The Labute approximate surface area is 130 Å². The van der Waals surface area contributed by atoms with Crippen LogP contribution in [-0.4, -0.2) is 12.5 Å². The Morgan fingerprint density at radius 3 is 2.30 bits per heavy atom. The number of carbonyl (C=O) groups excluding carboxylic acids is 1. The zero-order valence-corrected chi connectivity index (χ0v) is 11.8.